The maximum Gasteiger partial charge on any atom is 0.695 e. The third-order valence-electron chi connectivity index (χ3n) is 1.74. The lowest BCUT2D eigenvalue weighted by molar-refractivity contribution is 0.212. The molecule has 3 nitrogen and oxygen atoms in total. The molecule has 0 amide bonds. The number of hydrogen-bond acceptors (Lipinski definition) is 2. The highest BCUT2D eigenvalue weighted by Crippen LogP contribution is 2.37. The molecule has 0 heterocycles. The second kappa shape index (κ2) is 6.36. The minimum Gasteiger partial charge on any atom is -0.133 e. The Morgan fingerprint density at radius 3 is 2.31 bits per heavy atom. The van der Waals surface area contributed by atoms with Crippen molar-refractivity contribution in [2.45, 2.75) is 6.10 Å². The Hall–Kier alpha value is 0.400. The van der Waals surface area contributed by atoms with Gasteiger partial charge in [-0.1, -0.05) is 34.8 Å². The van der Waals surface area contributed by atoms with E-state index in [1.807, 2.05) is 0 Å². The van der Waals surface area contributed by atoms with Crippen LogP contribution in [0.15, 0.2) is 12.1 Å². The molecule has 0 aromatic heterocycles. The van der Waals surface area contributed by atoms with Gasteiger partial charge in [-0.2, -0.15) is 0 Å². The lowest BCUT2D eigenvalue weighted by Gasteiger charge is -2.10. The van der Waals surface area contributed by atoms with Crippen molar-refractivity contribution in [3.8, 4) is 0 Å². The first-order valence-corrected chi connectivity index (χ1v) is 6.79. The van der Waals surface area contributed by atoms with E-state index < -0.39 is 14.4 Å². The zero-order valence-corrected chi connectivity index (χ0v) is 11.6. The highest BCUT2D eigenvalue weighted by atomic mass is 35.5. The molecule has 88 valence electrons. The van der Waals surface area contributed by atoms with Crippen LogP contribution in [0, 0.1) is 0 Å². The largest absolute Gasteiger partial charge is 0.695 e. The zero-order chi connectivity index (χ0) is 12.3. The van der Waals surface area contributed by atoms with E-state index >= 15 is 0 Å². The van der Waals surface area contributed by atoms with Gasteiger partial charge in [0.2, 0.25) is 0 Å². The second-order valence-electron chi connectivity index (χ2n) is 2.77. The lowest BCUT2D eigenvalue weighted by Crippen LogP contribution is -2.02. The standard InChI is InChI=1S/C8H5Cl4O3P/c9-3-8(15-16(13)14)4-1-6(11)7(12)2-5(4)10/h1-2,8H,3H2/p+1. The van der Waals surface area contributed by atoms with Crippen LogP contribution in [0.4, 0.5) is 0 Å². The van der Waals surface area contributed by atoms with Crippen molar-refractivity contribution in [3.05, 3.63) is 32.8 Å². The van der Waals surface area contributed by atoms with Crippen molar-refractivity contribution in [2.24, 2.45) is 0 Å². The van der Waals surface area contributed by atoms with Crippen molar-refractivity contribution in [3.63, 3.8) is 0 Å². The molecule has 0 aliphatic heterocycles. The molecule has 1 N–H and O–H groups in total. The van der Waals surface area contributed by atoms with Crippen molar-refractivity contribution in [1.29, 1.82) is 0 Å². The summed E-state index contributed by atoms with van der Waals surface area (Å²) < 4.78 is 15.3. The quantitative estimate of drug-likeness (QED) is 0.501. The molecule has 1 rings (SSSR count). The van der Waals surface area contributed by atoms with E-state index in [1.165, 1.54) is 12.1 Å². The average molecular weight is 323 g/mol. The van der Waals surface area contributed by atoms with Gasteiger partial charge in [-0.15, -0.1) is 21.0 Å². The van der Waals surface area contributed by atoms with Gasteiger partial charge in [0.25, 0.3) is 0 Å². The van der Waals surface area contributed by atoms with Crippen LogP contribution >= 0.6 is 54.7 Å². The minimum absolute atomic E-state index is 0.0285. The summed E-state index contributed by atoms with van der Waals surface area (Å²) in [6.07, 6.45) is -0.808. The fraction of sp³-hybridized carbons (Fsp3) is 0.250. The molecule has 1 aromatic rings. The highest BCUT2D eigenvalue weighted by molar-refractivity contribution is 7.32. The highest BCUT2D eigenvalue weighted by Gasteiger charge is 2.26. The Balaban J connectivity index is 3.09. The van der Waals surface area contributed by atoms with E-state index in [9.17, 15) is 4.57 Å². The van der Waals surface area contributed by atoms with Gasteiger partial charge in [0.05, 0.1) is 15.9 Å². The summed E-state index contributed by atoms with van der Waals surface area (Å²) in [5, 5.41) is 0.835. The Morgan fingerprint density at radius 2 is 1.81 bits per heavy atom. The molecule has 0 fully saturated rings. The van der Waals surface area contributed by atoms with Gasteiger partial charge in [0.15, 0.2) is 6.10 Å². The summed E-state index contributed by atoms with van der Waals surface area (Å²) in [6.45, 7) is 0. The monoisotopic (exact) mass is 321 g/mol. The first-order chi connectivity index (χ1) is 7.45. The molecular weight excluding hydrogens is 317 g/mol. The number of rotatable bonds is 4. The normalized spacial score (nSPS) is 13.7. The van der Waals surface area contributed by atoms with Gasteiger partial charge in [0, 0.05) is 15.2 Å². The fourth-order valence-corrected chi connectivity index (χ4v) is 2.46. The molecule has 8 heteroatoms. The van der Waals surface area contributed by atoms with Crippen molar-refractivity contribution >= 4 is 54.7 Å². The second-order valence-corrected chi connectivity index (χ2v) is 4.99. The van der Waals surface area contributed by atoms with E-state index in [-0.39, 0.29) is 20.9 Å². The topological polar surface area (TPSA) is 46.5 Å². The van der Waals surface area contributed by atoms with Crippen LogP contribution in [0.1, 0.15) is 11.7 Å². The molecule has 0 saturated carbocycles. The van der Waals surface area contributed by atoms with Gasteiger partial charge in [-0.25, -0.2) is 0 Å². The Morgan fingerprint density at radius 1 is 1.25 bits per heavy atom. The summed E-state index contributed by atoms with van der Waals surface area (Å²) in [5.74, 6) is -0.0285. The summed E-state index contributed by atoms with van der Waals surface area (Å²) >= 11 is 23.1. The van der Waals surface area contributed by atoms with Gasteiger partial charge >= 0.3 is 8.25 Å². The zero-order valence-electron chi connectivity index (χ0n) is 7.66. The van der Waals surface area contributed by atoms with Crippen molar-refractivity contribution in [2.75, 3.05) is 5.88 Å². The van der Waals surface area contributed by atoms with E-state index in [0.29, 0.717) is 5.56 Å². The smallest absolute Gasteiger partial charge is 0.133 e. The van der Waals surface area contributed by atoms with Gasteiger partial charge in [-0.05, 0) is 12.1 Å². The van der Waals surface area contributed by atoms with Crippen LogP contribution in [-0.4, -0.2) is 10.8 Å². The van der Waals surface area contributed by atoms with E-state index in [0.717, 1.165) is 0 Å². The van der Waals surface area contributed by atoms with E-state index in [4.69, 9.17) is 55.8 Å². The first kappa shape index (κ1) is 14.5. The van der Waals surface area contributed by atoms with Gasteiger partial charge in [0.1, 0.15) is 0 Å². The number of halogens is 4. The average Bonchev–Trinajstić information content (AvgIpc) is 2.20. The predicted octanol–water partition coefficient (Wildman–Crippen LogP) is 4.59. The molecule has 0 saturated heterocycles. The van der Waals surface area contributed by atoms with Crippen molar-refractivity contribution in [1.82, 2.24) is 0 Å². The number of hydrogen-bond donors (Lipinski definition) is 1. The van der Waals surface area contributed by atoms with Gasteiger partial charge < -0.3 is 0 Å². The molecule has 0 aliphatic rings. The van der Waals surface area contributed by atoms with E-state index in [2.05, 4.69) is 0 Å². The summed E-state index contributed by atoms with van der Waals surface area (Å²) in [4.78, 5) is 8.66. The third-order valence-corrected chi connectivity index (χ3v) is 3.51. The van der Waals surface area contributed by atoms with Gasteiger partial charge in [-0.3, -0.25) is 0 Å². The SMILES string of the molecule is O=[P+](O)OC(CCl)c1cc(Cl)c(Cl)cc1Cl. The van der Waals surface area contributed by atoms with Crippen LogP contribution in [0.5, 0.6) is 0 Å². The first-order valence-electron chi connectivity index (χ1n) is 3.99. The Bertz CT molecular complexity index is 413. The molecule has 0 aliphatic carbocycles. The summed E-state index contributed by atoms with van der Waals surface area (Å²) in [7, 11) is -2.77. The molecule has 2 unspecified atom stereocenters. The Kier molecular flexibility index (Phi) is 5.75. The van der Waals surface area contributed by atoms with Crippen molar-refractivity contribution < 1.29 is 14.0 Å². The third kappa shape index (κ3) is 3.71. The molecule has 16 heavy (non-hydrogen) atoms. The fourth-order valence-electron chi connectivity index (χ4n) is 1.06. The predicted molar refractivity (Wildman–Crippen MR) is 65.8 cm³/mol. The molecular formula is C8H6Cl4O3P+. The molecule has 0 spiro atoms. The van der Waals surface area contributed by atoms with Crippen LogP contribution in [0.3, 0.4) is 0 Å². The van der Waals surface area contributed by atoms with Crippen LogP contribution < -0.4 is 0 Å². The Labute approximate surface area is 113 Å². The number of benzene rings is 1. The van der Waals surface area contributed by atoms with Crippen LogP contribution in [0.2, 0.25) is 15.1 Å². The maximum atomic E-state index is 10.6. The minimum atomic E-state index is -2.77. The summed E-state index contributed by atoms with van der Waals surface area (Å²) in [5.41, 5.74) is 0.420. The number of alkyl halides is 1. The van der Waals surface area contributed by atoms with E-state index in [1.54, 1.807) is 0 Å². The summed E-state index contributed by atoms with van der Waals surface area (Å²) in [6, 6.07) is 2.88. The molecule has 2 atom stereocenters. The maximum absolute atomic E-state index is 10.6. The van der Waals surface area contributed by atoms with Crippen LogP contribution in [-0.2, 0) is 9.09 Å². The van der Waals surface area contributed by atoms with Crippen LogP contribution in [0.25, 0.3) is 0 Å². The molecule has 0 bridgehead atoms. The lowest BCUT2D eigenvalue weighted by atomic mass is 10.1. The molecule has 0 radical (unpaired) electrons. The molecule has 1 aromatic carbocycles.